The standard InChI is InChI=1S/C28H29N3O7S/c1-7-37-27(33)24-17(5)29-28-30(25(24)19-10-11-21(38-15(2)3)22(14-19)36-6)26(32)23(39-28)13-18-9-8-16(4)20(12-18)31(34)35/h8-15,25H,7H2,1-6H3/b23-13-/t25-/m1/s1. The van der Waals surface area contributed by atoms with Crippen molar-refractivity contribution >= 4 is 29.1 Å². The molecule has 39 heavy (non-hydrogen) atoms. The monoisotopic (exact) mass is 551 g/mol. The van der Waals surface area contributed by atoms with Gasteiger partial charge in [0.1, 0.15) is 0 Å². The molecular weight excluding hydrogens is 522 g/mol. The maximum absolute atomic E-state index is 13.8. The number of carbonyl (C=O) groups is 1. The smallest absolute Gasteiger partial charge is 0.338 e. The summed E-state index contributed by atoms with van der Waals surface area (Å²) in [6, 6.07) is 9.21. The highest BCUT2D eigenvalue weighted by Gasteiger charge is 2.34. The number of nitro benzene ring substituents is 1. The van der Waals surface area contributed by atoms with E-state index in [1.165, 1.54) is 17.7 Å². The summed E-state index contributed by atoms with van der Waals surface area (Å²) in [4.78, 5) is 42.9. The largest absolute Gasteiger partial charge is 0.493 e. The van der Waals surface area contributed by atoms with E-state index in [9.17, 15) is 19.7 Å². The lowest BCUT2D eigenvalue weighted by Gasteiger charge is -2.25. The van der Waals surface area contributed by atoms with Crippen molar-refractivity contribution in [2.24, 2.45) is 4.99 Å². The summed E-state index contributed by atoms with van der Waals surface area (Å²) in [7, 11) is 1.52. The molecule has 0 saturated carbocycles. The number of hydrogen-bond acceptors (Lipinski definition) is 9. The van der Waals surface area contributed by atoms with Crippen LogP contribution >= 0.6 is 11.3 Å². The molecule has 204 valence electrons. The zero-order chi connectivity index (χ0) is 28.4. The fraction of sp³-hybridized carbons (Fsp3) is 0.321. The van der Waals surface area contributed by atoms with E-state index in [0.29, 0.717) is 43.2 Å². The number of ether oxygens (including phenoxy) is 3. The molecule has 0 aliphatic carbocycles. The maximum atomic E-state index is 13.8. The van der Waals surface area contributed by atoms with E-state index in [0.717, 1.165) is 11.3 Å². The van der Waals surface area contributed by atoms with Gasteiger partial charge < -0.3 is 14.2 Å². The second-order valence-corrected chi connectivity index (χ2v) is 10.2. The minimum absolute atomic E-state index is 0.0364. The second-order valence-electron chi connectivity index (χ2n) is 9.18. The number of aryl methyl sites for hydroxylation is 1. The number of thiazole rings is 1. The van der Waals surface area contributed by atoms with Crippen molar-refractivity contribution in [1.29, 1.82) is 0 Å². The number of hydrogen-bond donors (Lipinski definition) is 0. The first kappa shape index (κ1) is 27.8. The molecule has 0 bridgehead atoms. The van der Waals surface area contributed by atoms with E-state index in [1.54, 1.807) is 57.2 Å². The predicted octanol–water partition coefficient (Wildman–Crippen LogP) is 3.81. The van der Waals surface area contributed by atoms with Gasteiger partial charge in [-0.15, -0.1) is 0 Å². The molecule has 11 heteroatoms. The predicted molar refractivity (Wildman–Crippen MR) is 147 cm³/mol. The van der Waals surface area contributed by atoms with Crippen molar-refractivity contribution in [3.05, 3.63) is 94.2 Å². The van der Waals surface area contributed by atoms with Crippen LogP contribution < -0.4 is 24.4 Å². The van der Waals surface area contributed by atoms with Gasteiger partial charge in [0.25, 0.3) is 11.2 Å². The molecule has 0 spiro atoms. The Bertz CT molecular complexity index is 1670. The molecule has 1 aliphatic rings. The van der Waals surface area contributed by atoms with Gasteiger partial charge in [-0.2, -0.15) is 0 Å². The Balaban J connectivity index is 1.94. The van der Waals surface area contributed by atoms with Crippen molar-refractivity contribution < 1.29 is 23.9 Å². The SMILES string of the molecule is CCOC(=O)C1=C(C)N=c2s/c(=C\c3ccc(C)c([N+](=O)[O-])c3)c(=O)n2[C@@H]1c1ccc(OC(C)C)c(OC)c1. The molecule has 1 atom stereocenters. The summed E-state index contributed by atoms with van der Waals surface area (Å²) in [5.41, 5.74) is 1.88. The lowest BCUT2D eigenvalue weighted by molar-refractivity contribution is -0.385. The van der Waals surface area contributed by atoms with E-state index in [-0.39, 0.29) is 29.5 Å². The quantitative estimate of drug-likeness (QED) is 0.237. The topological polar surface area (TPSA) is 122 Å². The summed E-state index contributed by atoms with van der Waals surface area (Å²) in [5, 5.41) is 11.4. The summed E-state index contributed by atoms with van der Waals surface area (Å²) in [6.07, 6.45) is 1.51. The molecule has 0 saturated heterocycles. The maximum Gasteiger partial charge on any atom is 0.338 e. The fourth-order valence-corrected chi connectivity index (χ4v) is 5.42. The van der Waals surface area contributed by atoms with Crippen LogP contribution in [0.4, 0.5) is 5.69 Å². The fourth-order valence-electron chi connectivity index (χ4n) is 4.38. The highest BCUT2D eigenvalue weighted by Crippen LogP contribution is 2.36. The van der Waals surface area contributed by atoms with Crippen LogP contribution in [0.2, 0.25) is 0 Å². The lowest BCUT2D eigenvalue weighted by atomic mass is 9.95. The number of nitro groups is 1. The minimum Gasteiger partial charge on any atom is -0.493 e. The Morgan fingerprint density at radius 2 is 1.95 bits per heavy atom. The van der Waals surface area contributed by atoms with Crippen LogP contribution in [0.3, 0.4) is 0 Å². The Morgan fingerprint density at radius 1 is 1.21 bits per heavy atom. The second kappa shape index (κ2) is 11.2. The first-order chi connectivity index (χ1) is 18.5. The lowest BCUT2D eigenvalue weighted by Crippen LogP contribution is -2.40. The number of fused-ring (bicyclic) bond motifs is 1. The van der Waals surface area contributed by atoms with Gasteiger partial charge in [0.2, 0.25) is 0 Å². The van der Waals surface area contributed by atoms with Crippen molar-refractivity contribution in [3.8, 4) is 11.5 Å². The average molecular weight is 552 g/mol. The van der Waals surface area contributed by atoms with Crippen LogP contribution in [0, 0.1) is 17.0 Å². The molecule has 0 unspecified atom stereocenters. The van der Waals surface area contributed by atoms with Gasteiger partial charge in [0, 0.05) is 11.6 Å². The molecule has 2 heterocycles. The first-order valence-corrected chi connectivity index (χ1v) is 13.2. The van der Waals surface area contributed by atoms with E-state index in [1.807, 2.05) is 13.8 Å². The van der Waals surface area contributed by atoms with Crippen LogP contribution in [-0.2, 0) is 9.53 Å². The summed E-state index contributed by atoms with van der Waals surface area (Å²) in [5.74, 6) is 0.407. The highest BCUT2D eigenvalue weighted by molar-refractivity contribution is 7.07. The number of esters is 1. The summed E-state index contributed by atoms with van der Waals surface area (Å²) in [6.45, 7) is 9.02. The molecule has 2 aromatic carbocycles. The van der Waals surface area contributed by atoms with Gasteiger partial charge in [-0.3, -0.25) is 19.5 Å². The van der Waals surface area contributed by atoms with Gasteiger partial charge in [-0.1, -0.05) is 29.5 Å². The van der Waals surface area contributed by atoms with Crippen molar-refractivity contribution in [2.45, 2.75) is 46.8 Å². The van der Waals surface area contributed by atoms with Crippen LogP contribution in [0.25, 0.3) is 6.08 Å². The number of rotatable bonds is 8. The first-order valence-electron chi connectivity index (χ1n) is 12.3. The normalized spacial score (nSPS) is 15.2. The van der Waals surface area contributed by atoms with Crippen molar-refractivity contribution in [1.82, 2.24) is 4.57 Å². The molecule has 10 nitrogen and oxygen atoms in total. The number of methoxy groups -OCH3 is 1. The molecule has 0 fully saturated rings. The number of carbonyl (C=O) groups excluding carboxylic acids is 1. The summed E-state index contributed by atoms with van der Waals surface area (Å²) < 4.78 is 18.5. The zero-order valence-corrected chi connectivity index (χ0v) is 23.3. The van der Waals surface area contributed by atoms with Crippen molar-refractivity contribution in [3.63, 3.8) is 0 Å². The van der Waals surface area contributed by atoms with Crippen LogP contribution in [0.1, 0.15) is 50.4 Å². The van der Waals surface area contributed by atoms with Gasteiger partial charge in [-0.05, 0) is 64.0 Å². The van der Waals surface area contributed by atoms with E-state index in [4.69, 9.17) is 14.2 Å². The van der Waals surface area contributed by atoms with Gasteiger partial charge in [0.15, 0.2) is 16.3 Å². The molecule has 3 aromatic rings. The molecule has 0 N–H and O–H groups in total. The minimum atomic E-state index is -0.836. The number of nitrogens with zero attached hydrogens (tertiary/aromatic N) is 3. The van der Waals surface area contributed by atoms with E-state index in [2.05, 4.69) is 4.99 Å². The van der Waals surface area contributed by atoms with Crippen LogP contribution in [0.15, 0.2) is 57.5 Å². The molecule has 4 rings (SSSR count). The Labute approximate surface area is 228 Å². The van der Waals surface area contributed by atoms with Crippen molar-refractivity contribution in [2.75, 3.05) is 13.7 Å². The number of aromatic nitrogens is 1. The molecule has 0 radical (unpaired) electrons. The molecule has 0 amide bonds. The highest BCUT2D eigenvalue weighted by atomic mass is 32.1. The van der Waals surface area contributed by atoms with E-state index < -0.39 is 16.9 Å². The van der Waals surface area contributed by atoms with Gasteiger partial charge >= 0.3 is 5.97 Å². The van der Waals surface area contributed by atoms with Gasteiger partial charge in [0.05, 0.1) is 46.6 Å². The molecule has 1 aliphatic heterocycles. The Hall–Kier alpha value is -4.25. The third-order valence-corrected chi connectivity index (χ3v) is 7.09. The zero-order valence-electron chi connectivity index (χ0n) is 22.5. The van der Waals surface area contributed by atoms with E-state index >= 15 is 0 Å². The Kier molecular flexibility index (Phi) is 8.01. The Morgan fingerprint density at radius 3 is 2.59 bits per heavy atom. The average Bonchev–Trinajstić information content (AvgIpc) is 3.18. The molecular formula is C28H29N3O7S. The summed E-state index contributed by atoms with van der Waals surface area (Å²) >= 11 is 1.14. The van der Waals surface area contributed by atoms with Crippen LogP contribution in [-0.4, -0.2) is 35.3 Å². The van der Waals surface area contributed by atoms with Gasteiger partial charge in [-0.25, -0.2) is 9.79 Å². The third-order valence-electron chi connectivity index (χ3n) is 6.11. The number of allylic oxidation sites excluding steroid dienone is 1. The van der Waals surface area contributed by atoms with Crippen LogP contribution in [0.5, 0.6) is 11.5 Å². The number of benzene rings is 2. The third kappa shape index (κ3) is 5.49. The molecule has 1 aromatic heterocycles.